The summed E-state index contributed by atoms with van der Waals surface area (Å²) in [6.07, 6.45) is 0. The van der Waals surface area contributed by atoms with Crippen molar-refractivity contribution >= 4 is 5.69 Å². The van der Waals surface area contributed by atoms with Crippen molar-refractivity contribution < 1.29 is 9.13 Å². The van der Waals surface area contributed by atoms with E-state index in [4.69, 9.17) is 10.5 Å². The lowest BCUT2D eigenvalue weighted by Crippen LogP contribution is -2.27. The van der Waals surface area contributed by atoms with Gasteiger partial charge in [-0.05, 0) is 44.3 Å². The van der Waals surface area contributed by atoms with E-state index in [2.05, 4.69) is 4.90 Å². The Morgan fingerprint density at radius 2 is 1.81 bits per heavy atom. The van der Waals surface area contributed by atoms with Crippen LogP contribution >= 0.6 is 0 Å². The molecule has 2 aromatic carbocycles. The fourth-order valence-electron chi connectivity index (χ4n) is 2.12. The van der Waals surface area contributed by atoms with Crippen LogP contribution in [0.25, 0.3) is 0 Å². The molecule has 2 rings (SSSR count). The highest BCUT2D eigenvalue weighted by Gasteiger charge is 2.14. The Hall–Kier alpha value is -2.07. The first-order chi connectivity index (χ1) is 10.1. The quantitative estimate of drug-likeness (QED) is 0.827. The monoisotopic (exact) mass is 288 g/mol. The molecule has 1 atom stereocenters. The van der Waals surface area contributed by atoms with Crippen LogP contribution in [0.15, 0.2) is 48.5 Å². The third kappa shape index (κ3) is 4.20. The summed E-state index contributed by atoms with van der Waals surface area (Å²) >= 11 is 0. The third-order valence-corrected chi connectivity index (χ3v) is 3.61. The molecular weight excluding hydrogens is 267 g/mol. The van der Waals surface area contributed by atoms with Gasteiger partial charge < -0.3 is 10.5 Å². The second-order valence-electron chi connectivity index (χ2n) is 5.10. The minimum Gasteiger partial charge on any atom is -0.492 e. The molecule has 0 saturated heterocycles. The van der Waals surface area contributed by atoms with E-state index in [-0.39, 0.29) is 11.9 Å². The lowest BCUT2D eigenvalue weighted by Gasteiger charge is -2.25. The molecule has 0 aromatic heterocycles. The molecule has 0 heterocycles. The Labute approximate surface area is 125 Å². The molecule has 2 aromatic rings. The number of nitrogens with two attached hydrogens (primary N) is 1. The molecule has 0 saturated carbocycles. The van der Waals surface area contributed by atoms with Crippen molar-refractivity contribution in [3.8, 4) is 5.75 Å². The highest BCUT2D eigenvalue weighted by molar-refractivity contribution is 5.41. The smallest absolute Gasteiger partial charge is 0.127 e. The van der Waals surface area contributed by atoms with Crippen LogP contribution in [-0.4, -0.2) is 25.1 Å². The number of nitrogens with zero attached hydrogens (tertiary/aromatic N) is 1. The number of rotatable bonds is 6. The van der Waals surface area contributed by atoms with E-state index >= 15 is 0 Å². The summed E-state index contributed by atoms with van der Waals surface area (Å²) in [6, 6.07) is 14.2. The van der Waals surface area contributed by atoms with Crippen molar-refractivity contribution in [1.29, 1.82) is 0 Å². The standard InChI is InChI=1S/C17H21FN2O/c1-13(16-5-3-4-6-17(16)18)20(2)11-12-21-15-9-7-14(19)8-10-15/h3-10,13H,11-12,19H2,1-2H3. The predicted octanol–water partition coefficient (Wildman–Crippen LogP) is 3.48. The fourth-order valence-corrected chi connectivity index (χ4v) is 2.12. The minimum atomic E-state index is -0.170. The molecule has 0 bridgehead atoms. The van der Waals surface area contributed by atoms with E-state index in [1.807, 2.05) is 38.2 Å². The lowest BCUT2D eigenvalue weighted by molar-refractivity contribution is 0.198. The van der Waals surface area contributed by atoms with Crippen molar-refractivity contribution in [2.24, 2.45) is 0 Å². The van der Waals surface area contributed by atoms with Gasteiger partial charge in [-0.1, -0.05) is 18.2 Å². The first kappa shape index (κ1) is 15.3. The topological polar surface area (TPSA) is 38.5 Å². The Bertz CT molecular complexity index is 571. The van der Waals surface area contributed by atoms with E-state index < -0.39 is 0 Å². The number of halogens is 1. The molecule has 0 aliphatic rings. The van der Waals surface area contributed by atoms with Gasteiger partial charge in [-0.25, -0.2) is 4.39 Å². The van der Waals surface area contributed by atoms with Crippen LogP contribution in [-0.2, 0) is 0 Å². The summed E-state index contributed by atoms with van der Waals surface area (Å²) in [5, 5.41) is 0. The van der Waals surface area contributed by atoms with Gasteiger partial charge in [0, 0.05) is 23.8 Å². The maximum atomic E-state index is 13.8. The number of benzene rings is 2. The summed E-state index contributed by atoms with van der Waals surface area (Å²) in [4.78, 5) is 2.07. The van der Waals surface area contributed by atoms with Gasteiger partial charge in [-0.15, -0.1) is 0 Å². The van der Waals surface area contributed by atoms with Crippen molar-refractivity contribution in [1.82, 2.24) is 4.90 Å². The van der Waals surface area contributed by atoms with E-state index in [1.165, 1.54) is 6.07 Å². The average molecular weight is 288 g/mol. The second-order valence-corrected chi connectivity index (χ2v) is 5.10. The number of hydrogen-bond donors (Lipinski definition) is 1. The molecule has 0 radical (unpaired) electrons. The number of nitrogen functional groups attached to an aromatic ring is 1. The Balaban J connectivity index is 1.85. The van der Waals surface area contributed by atoms with Crippen molar-refractivity contribution in [2.45, 2.75) is 13.0 Å². The van der Waals surface area contributed by atoms with Gasteiger partial charge in [0.15, 0.2) is 0 Å². The van der Waals surface area contributed by atoms with Crippen molar-refractivity contribution in [2.75, 3.05) is 25.9 Å². The molecule has 21 heavy (non-hydrogen) atoms. The Morgan fingerprint density at radius 3 is 2.48 bits per heavy atom. The summed E-state index contributed by atoms with van der Waals surface area (Å²) in [7, 11) is 1.96. The Kier molecular flexibility index (Phi) is 5.17. The highest BCUT2D eigenvalue weighted by Crippen LogP contribution is 2.21. The molecular formula is C17H21FN2O. The van der Waals surface area contributed by atoms with Crippen LogP contribution in [0.3, 0.4) is 0 Å². The molecule has 3 nitrogen and oxygen atoms in total. The highest BCUT2D eigenvalue weighted by atomic mass is 19.1. The van der Waals surface area contributed by atoms with Crippen molar-refractivity contribution in [3.63, 3.8) is 0 Å². The molecule has 4 heteroatoms. The number of hydrogen-bond acceptors (Lipinski definition) is 3. The maximum Gasteiger partial charge on any atom is 0.127 e. The first-order valence-corrected chi connectivity index (χ1v) is 7.01. The van der Waals surface area contributed by atoms with E-state index in [0.717, 1.165) is 5.75 Å². The van der Waals surface area contributed by atoms with Gasteiger partial charge in [-0.2, -0.15) is 0 Å². The minimum absolute atomic E-state index is 0.00113. The van der Waals surface area contributed by atoms with Gasteiger partial charge in [0.1, 0.15) is 18.2 Å². The van der Waals surface area contributed by atoms with Crippen LogP contribution in [0.5, 0.6) is 5.75 Å². The van der Waals surface area contributed by atoms with E-state index in [1.54, 1.807) is 18.2 Å². The normalized spacial score (nSPS) is 12.4. The molecule has 1 unspecified atom stereocenters. The van der Waals surface area contributed by atoms with E-state index in [0.29, 0.717) is 24.4 Å². The van der Waals surface area contributed by atoms with Gasteiger partial charge in [0.25, 0.3) is 0 Å². The second kappa shape index (κ2) is 7.09. The van der Waals surface area contributed by atoms with Crippen LogP contribution < -0.4 is 10.5 Å². The van der Waals surface area contributed by atoms with Gasteiger partial charge in [0.05, 0.1) is 0 Å². The molecule has 112 valence electrons. The average Bonchev–Trinajstić information content (AvgIpc) is 2.49. The van der Waals surface area contributed by atoms with Crippen LogP contribution in [0.2, 0.25) is 0 Å². The van der Waals surface area contributed by atoms with Gasteiger partial charge in [-0.3, -0.25) is 4.90 Å². The zero-order valence-electron chi connectivity index (χ0n) is 12.4. The molecule has 0 spiro atoms. The largest absolute Gasteiger partial charge is 0.492 e. The number of anilines is 1. The maximum absolute atomic E-state index is 13.8. The predicted molar refractivity (Wildman–Crippen MR) is 83.8 cm³/mol. The number of likely N-dealkylation sites (N-methyl/N-ethyl adjacent to an activating group) is 1. The zero-order valence-corrected chi connectivity index (χ0v) is 12.4. The summed E-state index contributed by atoms with van der Waals surface area (Å²) in [5.41, 5.74) is 7.04. The molecule has 0 aliphatic carbocycles. The lowest BCUT2D eigenvalue weighted by atomic mass is 10.1. The SMILES string of the molecule is CC(c1ccccc1F)N(C)CCOc1ccc(N)cc1. The molecule has 0 fully saturated rings. The molecule has 2 N–H and O–H groups in total. The summed E-state index contributed by atoms with van der Waals surface area (Å²) < 4.78 is 19.4. The third-order valence-electron chi connectivity index (χ3n) is 3.61. The summed E-state index contributed by atoms with van der Waals surface area (Å²) in [5.74, 6) is 0.618. The molecule has 0 amide bonds. The van der Waals surface area contributed by atoms with Crippen molar-refractivity contribution in [3.05, 3.63) is 59.9 Å². The van der Waals surface area contributed by atoms with Crippen LogP contribution in [0, 0.1) is 5.82 Å². The van der Waals surface area contributed by atoms with Crippen LogP contribution in [0.4, 0.5) is 10.1 Å². The fraction of sp³-hybridized carbons (Fsp3) is 0.294. The first-order valence-electron chi connectivity index (χ1n) is 7.01. The summed E-state index contributed by atoms with van der Waals surface area (Å²) in [6.45, 7) is 3.24. The molecule has 0 aliphatic heterocycles. The number of ether oxygens (including phenoxy) is 1. The van der Waals surface area contributed by atoms with E-state index in [9.17, 15) is 4.39 Å². The zero-order chi connectivity index (χ0) is 15.2. The Morgan fingerprint density at radius 1 is 1.14 bits per heavy atom. The van der Waals surface area contributed by atoms with Gasteiger partial charge >= 0.3 is 0 Å². The van der Waals surface area contributed by atoms with Gasteiger partial charge in [0.2, 0.25) is 0 Å². The van der Waals surface area contributed by atoms with Crippen LogP contribution in [0.1, 0.15) is 18.5 Å².